The number of amides is 1. The molecule has 0 spiro atoms. The van der Waals surface area contributed by atoms with Gasteiger partial charge in [0.05, 0.1) is 37.4 Å². The third kappa shape index (κ3) is 4.28. The number of anilines is 2. The molecule has 0 unspecified atom stereocenters. The summed E-state index contributed by atoms with van der Waals surface area (Å²) in [6, 6.07) is 13.2. The second kappa shape index (κ2) is 8.02. The van der Waals surface area contributed by atoms with Crippen molar-refractivity contribution in [3.05, 3.63) is 59.8 Å². The summed E-state index contributed by atoms with van der Waals surface area (Å²) in [5.74, 6) is -0.0645. The Morgan fingerprint density at radius 3 is 2.60 bits per heavy atom. The van der Waals surface area contributed by atoms with Crippen LogP contribution < -0.4 is 15.1 Å². The van der Waals surface area contributed by atoms with Crippen molar-refractivity contribution in [3.63, 3.8) is 0 Å². The number of carbonyl (C=O) groups is 1. The Morgan fingerprint density at radius 1 is 1.13 bits per heavy atom. The van der Waals surface area contributed by atoms with Gasteiger partial charge in [-0.05, 0) is 31.2 Å². The topological polar surface area (TPSA) is 52.6 Å². The average Bonchev–Trinajstić information content (AvgIpc) is 3.03. The van der Waals surface area contributed by atoms with Crippen molar-refractivity contribution in [1.82, 2.24) is 4.98 Å². The number of rotatable bonds is 4. The van der Waals surface area contributed by atoms with Gasteiger partial charge in [-0.25, -0.2) is 0 Å². The van der Waals surface area contributed by atoms with E-state index in [9.17, 15) is 18.0 Å². The van der Waals surface area contributed by atoms with Crippen LogP contribution in [0.25, 0.3) is 10.9 Å². The Balaban J connectivity index is 1.35. The van der Waals surface area contributed by atoms with Crippen molar-refractivity contribution < 1.29 is 22.9 Å². The van der Waals surface area contributed by atoms with E-state index in [1.54, 1.807) is 6.07 Å². The Bertz CT molecular complexity index is 1050. The number of fused-ring (bicyclic) bond motifs is 1. The summed E-state index contributed by atoms with van der Waals surface area (Å²) >= 11 is 0. The molecule has 1 amide bonds. The van der Waals surface area contributed by atoms with Crippen LogP contribution in [0.15, 0.2) is 48.5 Å². The van der Waals surface area contributed by atoms with E-state index in [-0.39, 0.29) is 5.91 Å². The molecule has 158 valence electrons. The Labute approximate surface area is 172 Å². The molecule has 3 N–H and O–H groups in total. The second-order valence-electron chi connectivity index (χ2n) is 7.68. The highest BCUT2D eigenvalue weighted by Gasteiger charge is 2.31. The number of alkyl halides is 3. The molecule has 2 aromatic carbocycles. The van der Waals surface area contributed by atoms with Crippen LogP contribution in [0.2, 0.25) is 0 Å². The molecule has 1 saturated heterocycles. The summed E-state index contributed by atoms with van der Waals surface area (Å²) in [7, 11) is 0. The number of benzene rings is 2. The van der Waals surface area contributed by atoms with E-state index >= 15 is 0 Å². The molecule has 0 atom stereocenters. The summed E-state index contributed by atoms with van der Waals surface area (Å²) in [4.78, 5) is 18.9. The van der Waals surface area contributed by atoms with Crippen molar-refractivity contribution in [1.29, 1.82) is 0 Å². The van der Waals surface area contributed by atoms with E-state index in [2.05, 4.69) is 10.3 Å². The van der Waals surface area contributed by atoms with Crippen LogP contribution in [0.4, 0.5) is 24.5 Å². The first-order valence-corrected chi connectivity index (χ1v) is 9.94. The largest absolute Gasteiger partial charge is 0.416 e. The van der Waals surface area contributed by atoms with E-state index in [4.69, 9.17) is 0 Å². The molecule has 3 aromatic rings. The molecule has 0 aliphatic carbocycles. The van der Waals surface area contributed by atoms with E-state index < -0.39 is 11.7 Å². The fourth-order valence-corrected chi connectivity index (χ4v) is 3.99. The molecule has 1 fully saturated rings. The predicted molar refractivity (Wildman–Crippen MR) is 111 cm³/mol. The SMILES string of the molecule is Cc1[nH]c2ccccc2c1NC(=O)C[NH+]1CCN(c2cccc(C(F)(F)F)c2)CC1. The fraction of sp³-hybridized carbons (Fsp3) is 0.318. The monoisotopic (exact) mass is 417 g/mol. The summed E-state index contributed by atoms with van der Waals surface area (Å²) in [5.41, 5.74) is 2.63. The van der Waals surface area contributed by atoms with Crippen LogP contribution in [0, 0.1) is 6.92 Å². The van der Waals surface area contributed by atoms with E-state index in [0.717, 1.165) is 33.3 Å². The number of piperazine rings is 1. The molecule has 2 heterocycles. The lowest BCUT2D eigenvalue weighted by Gasteiger charge is -2.33. The second-order valence-corrected chi connectivity index (χ2v) is 7.68. The maximum absolute atomic E-state index is 13.0. The third-order valence-corrected chi connectivity index (χ3v) is 5.58. The zero-order valence-electron chi connectivity index (χ0n) is 16.6. The molecular formula is C22H24F3N4O+. The number of aryl methyl sites for hydroxylation is 1. The van der Waals surface area contributed by atoms with Crippen LogP contribution >= 0.6 is 0 Å². The van der Waals surface area contributed by atoms with Gasteiger partial charge in [-0.2, -0.15) is 13.2 Å². The zero-order valence-corrected chi connectivity index (χ0v) is 16.6. The summed E-state index contributed by atoms with van der Waals surface area (Å²) in [6.07, 6.45) is -4.35. The minimum Gasteiger partial charge on any atom is -0.360 e. The number of halogens is 3. The van der Waals surface area contributed by atoms with Gasteiger partial charge in [-0.3, -0.25) is 4.79 Å². The van der Waals surface area contributed by atoms with Crippen molar-refractivity contribution in [2.45, 2.75) is 13.1 Å². The molecule has 1 aromatic heterocycles. The van der Waals surface area contributed by atoms with Gasteiger partial charge in [-0.1, -0.05) is 24.3 Å². The molecule has 30 heavy (non-hydrogen) atoms. The first kappa shape index (κ1) is 20.3. The fourth-order valence-electron chi connectivity index (χ4n) is 3.99. The normalized spacial score (nSPS) is 15.5. The first-order valence-electron chi connectivity index (χ1n) is 9.94. The third-order valence-electron chi connectivity index (χ3n) is 5.58. The summed E-state index contributed by atoms with van der Waals surface area (Å²) in [5, 5.41) is 4.00. The number of aromatic amines is 1. The number of para-hydroxylation sites is 1. The maximum atomic E-state index is 13.0. The minimum absolute atomic E-state index is 0.0645. The highest BCUT2D eigenvalue weighted by Crippen LogP contribution is 2.31. The van der Waals surface area contributed by atoms with Gasteiger partial charge in [0.1, 0.15) is 0 Å². The smallest absolute Gasteiger partial charge is 0.360 e. The Kier molecular flexibility index (Phi) is 5.42. The van der Waals surface area contributed by atoms with Gasteiger partial charge in [0.2, 0.25) is 0 Å². The van der Waals surface area contributed by atoms with Gasteiger partial charge in [0.25, 0.3) is 5.91 Å². The molecule has 1 aliphatic heterocycles. The van der Waals surface area contributed by atoms with Crippen LogP contribution in [0.3, 0.4) is 0 Å². The van der Waals surface area contributed by atoms with Crippen LogP contribution in [0.1, 0.15) is 11.3 Å². The highest BCUT2D eigenvalue weighted by molar-refractivity contribution is 6.03. The van der Waals surface area contributed by atoms with E-state index in [0.29, 0.717) is 38.4 Å². The van der Waals surface area contributed by atoms with Crippen LogP contribution in [-0.2, 0) is 11.0 Å². The molecular weight excluding hydrogens is 393 g/mol. The minimum atomic E-state index is -4.35. The van der Waals surface area contributed by atoms with Gasteiger partial charge in [-0.15, -0.1) is 0 Å². The average molecular weight is 417 g/mol. The quantitative estimate of drug-likeness (QED) is 0.612. The number of quaternary nitrogens is 1. The van der Waals surface area contributed by atoms with Crippen LogP contribution in [0.5, 0.6) is 0 Å². The lowest BCUT2D eigenvalue weighted by molar-refractivity contribution is -0.892. The van der Waals surface area contributed by atoms with E-state index in [1.807, 2.05) is 36.1 Å². The highest BCUT2D eigenvalue weighted by atomic mass is 19.4. The van der Waals surface area contributed by atoms with Crippen molar-refractivity contribution >= 4 is 28.2 Å². The Morgan fingerprint density at radius 2 is 1.87 bits per heavy atom. The number of nitrogens with zero attached hydrogens (tertiary/aromatic N) is 1. The molecule has 1 aliphatic rings. The van der Waals surface area contributed by atoms with E-state index in [1.165, 1.54) is 12.1 Å². The lowest BCUT2D eigenvalue weighted by atomic mass is 10.1. The molecule has 8 heteroatoms. The maximum Gasteiger partial charge on any atom is 0.416 e. The number of hydrogen-bond donors (Lipinski definition) is 3. The lowest BCUT2D eigenvalue weighted by Crippen LogP contribution is -3.15. The van der Waals surface area contributed by atoms with Crippen molar-refractivity contribution in [3.8, 4) is 0 Å². The molecule has 0 saturated carbocycles. The van der Waals surface area contributed by atoms with Gasteiger partial charge >= 0.3 is 6.18 Å². The number of carbonyl (C=O) groups excluding carboxylic acids is 1. The number of aromatic nitrogens is 1. The summed E-state index contributed by atoms with van der Waals surface area (Å²) in [6.45, 7) is 4.85. The molecule has 4 rings (SSSR count). The summed E-state index contributed by atoms with van der Waals surface area (Å²) < 4.78 is 38.9. The van der Waals surface area contributed by atoms with Gasteiger partial charge in [0, 0.05) is 22.3 Å². The number of H-pyrrole nitrogens is 1. The molecule has 5 nitrogen and oxygen atoms in total. The first-order chi connectivity index (χ1) is 14.3. The number of nitrogens with one attached hydrogen (secondary N) is 3. The van der Waals surface area contributed by atoms with Crippen molar-refractivity contribution in [2.75, 3.05) is 42.9 Å². The van der Waals surface area contributed by atoms with Crippen molar-refractivity contribution in [2.24, 2.45) is 0 Å². The number of hydrogen-bond acceptors (Lipinski definition) is 2. The standard InChI is InChI=1S/C22H23F3N4O/c1-15-21(18-7-2-3-8-19(18)26-15)27-20(30)14-28-9-11-29(12-10-28)17-6-4-5-16(13-17)22(23,24)25/h2-8,13,26H,9-12,14H2,1H3,(H,27,30)/p+1. The Hall–Kier alpha value is -3.00. The zero-order chi connectivity index (χ0) is 21.3. The molecule has 0 radical (unpaired) electrons. The van der Waals surface area contributed by atoms with Gasteiger partial charge < -0.3 is 20.1 Å². The van der Waals surface area contributed by atoms with Gasteiger partial charge in [0.15, 0.2) is 6.54 Å². The predicted octanol–water partition coefficient (Wildman–Crippen LogP) is 2.84. The molecule has 0 bridgehead atoms. The van der Waals surface area contributed by atoms with Crippen LogP contribution in [-0.4, -0.2) is 43.6 Å².